The summed E-state index contributed by atoms with van der Waals surface area (Å²) in [7, 11) is 0. The zero-order chi connectivity index (χ0) is 13.9. The molecule has 0 radical (unpaired) electrons. The molecule has 0 atom stereocenters. The first-order chi connectivity index (χ1) is 8.54. The van der Waals surface area contributed by atoms with Crippen molar-refractivity contribution in [3.05, 3.63) is 0 Å². The average Bonchev–Trinajstić information content (AvgIpc) is 2.40. The van der Waals surface area contributed by atoms with Gasteiger partial charge in [0.1, 0.15) is 0 Å². The van der Waals surface area contributed by atoms with Gasteiger partial charge in [0.25, 0.3) is 0 Å². The topological polar surface area (TPSA) is 20.2 Å². The van der Waals surface area contributed by atoms with Gasteiger partial charge in [-0.05, 0) is 0 Å². The van der Waals surface area contributed by atoms with Crippen molar-refractivity contribution in [2.45, 2.75) is 65.7 Å². The molecule has 0 aliphatic carbocycles. The van der Waals surface area contributed by atoms with Crippen LogP contribution in [0.4, 0.5) is 0 Å². The molecule has 0 saturated heterocycles. The molecule has 0 rings (SSSR count). The number of rotatable bonds is 12. The minimum absolute atomic E-state index is 0.355. The second-order valence-corrected chi connectivity index (χ2v) is 17.3. The van der Waals surface area contributed by atoms with Crippen molar-refractivity contribution in [2.75, 3.05) is 31.3 Å². The Kier molecular flexibility index (Phi) is 10.2. The zero-order valence-corrected chi connectivity index (χ0v) is 15.2. The third-order valence-corrected chi connectivity index (χ3v) is 14.1. The van der Waals surface area contributed by atoms with Gasteiger partial charge >= 0.3 is 123 Å². The van der Waals surface area contributed by atoms with Gasteiger partial charge < -0.3 is 0 Å². The van der Waals surface area contributed by atoms with Crippen LogP contribution in [0, 0.1) is 0 Å². The standard InChI is InChI=1S/C15H34BrOP/c1-4-7-12-18(16,13-8-5-2,14-9-6-3)15-10-11-17/h17H,4-15H2,1-3H3. The molecule has 0 saturated carbocycles. The molecule has 3 heteroatoms. The SMILES string of the molecule is CCCCP(Br)(CCCC)(CCCC)CCCO. The van der Waals surface area contributed by atoms with Crippen molar-refractivity contribution in [3.63, 3.8) is 0 Å². The molecule has 0 aromatic heterocycles. The fourth-order valence-electron chi connectivity index (χ4n) is 2.80. The Balaban J connectivity index is 4.82. The third kappa shape index (κ3) is 6.87. The van der Waals surface area contributed by atoms with Gasteiger partial charge in [0.15, 0.2) is 0 Å². The molecule has 1 N–H and O–H groups in total. The number of aliphatic hydroxyl groups is 1. The van der Waals surface area contributed by atoms with Gasteiger partial charge in [-0.25, -0.2) is 0 Å². The second kappa shape index (κ2) is 9.72. The van der Waals surface area contributed by atoms with Gasteiger partial charge in [-0.1, -0.05) is 0 Å². The number of hydrogen-bond donors (Lipinski definition) is 1. The zero-order valence-electron chi connectivity index (χ0n) is 12.8. The van der Waals surface area contributed by atoms with Gasteiger partial charge in [-0.3, -0.25) is 0 Å². The number of hydrogen-bond acceptors (Lipinski definition) is 1. The van der Waals surface area contributed by atoms with Gasteiger partial charge in [-0.15, -0.1) is 0 Å². The molecule has 0 aromatic carbocycles. The van der Waals surface area contributed by atoms with E-state index in [1.165, 1.54) is 63.2 Å². The van der Waals surface area contributed by atoms with E-state index in [0.29, 0.717) is 6.61 Å². The fourth-order valence-corrected chi connectivity index (χ4v) is 11.4. The van der Waals surface area contributed by atoms with E-state index in [1.807, 2.05) is 0 Å². The minimum atomic E-state index is -1.71. The quantitative estimate of drug-likeness (QED) is 0.456. The fraction of sp³-hybridized carbons (Fsp3) is 1.00. The normalized spacial score (nSPS) is 14.4. The Hall–Kier alpha value is 0.870. The summed E-state index contributed by atoms with van der Waals surface area (Å²) in [6.07, 6.45) is 14.3. The van der Waals surface area contributed by atoms with Crippen LogP contribution in [-0.2, 0) is 0 Å². The molecule has 112 valence electrons. The molecule has 0 aliphatic heterocycles. The van der Waals surface area contributed by atoms with Crippen molar-refractivity contribution < 1.29 is 5.11 Å². The van der Waals surface area contributed by atoms with E-state index in [1.54, 1.807) is 0 Å². The van der Waals surface area contributed by atoms with Crippen molar-refractivity contribution in [3.8, 4) is 0 Å². The Morgan fingerprint density at radius 3 is 1.33 bits per heavy atom. The molecular formula is C15H34BrOP. The number of halogens is 1. The molecule has 0 aromatic rings. The Morgan fingerprint density at radius 1 is 0.722 bits per heavy atom. The van der Waals surface area contributed by atoms with Crippen LogP contribution >= 0.6 is 20.8 Å². The van der Waals surface area contributed by atoms with Crippen LogP contribution in [0.3, 0.4) is 0 Å². The van der Waals surface area contributed by atoms with Crippen LogP contribution in [-0.4, -0.2) is 36.4 Å². The van der Waals surface area contributed by atoms with Crippen molar-refractivity contribution >= 4 is 20.8 Å². The van der Waals surface area contributed by atoms with Crippen molar-refractivity contribution in [1.29, 1.82) is 0 Å². The molecule has 0 spiro atoms. The maximum absolute atomic E-state index is 9.22. The van der Waals surface area contributed by atoms with E-state index < -0.39 is 5.31 Å². The average molecular weight is 341 g/mol. The summed E-state index contributed by atoms with van der Waals surface area (Å²) in [6.45, 7) is 7.23. The van der Waals surface area contributed by atoms with E-state index in [4.69, 9.17) is 0 Å². The van der Waals surface area contributed by atoms with Gasteiger partial charge in [0.05, 0.1) is 0 Å². The van der Waals surface area contributed by atoms with Crippen LogP contribution in [0.1, 0.15) is 65.7 Å². The predicted octanol–water partition coefficient (Wildman–Crippen LogP) is 5.63. The van der Waals surface area contributed by atoms with Crippen molar-refractivity contribution in [1.82, 2.24) is 0 Å². The maximum atomic E-state index is 9.22. The molecule has 0 aliphatic rings. The molecule has 1 nitrogen and oxygen atoms in total. The summed E-state index contributed by atoms with van der Waals surface area (Å²) in [5.74, 6) is 0. The summed E-state index contributed by atoms with van der Waals surface area (Å²) in [5, 5.41) is 7.51. The first-order valence-electron chi connectivity index (χ1n) is 7.87. The summed E-state index contributed by atoms with van der Waals surface area (Å²) in [6, 6.07) is 0. The molecule has 0 amide bonds. The summed E-state index contributed by atoms with van der Waals surface area (Å²) < 4.78 is 0. The molecule has 0 fully saturated rings. The predicted molar refractivity (Wildman–Crippen MR) is 91.7 cm³/mol. The molecular weight excluding hydrogens is 307 g/mol. The van der Waals surface area contributed by atoms with Crippen molar-refractivity contribution in [2.24, 2.45) is 0 Å². The molecule has 18 heavy (non-hydrogen) atoms. The second-order valence-electron chi connectivity index (χ2n) is 5.85. The number of aliphatic hydroxyl groups excluding tert-OH is 1. The molecule has 0 heterocycles. The molecule has 0 unspecified atom stereocenters. The third-order valence-electron chi connectivity index (χ3n) is 4.09. The van der Waals surface area contributed by atoms with E-state index >= 15 is 0 Å². The van der Waals surface area contributed by atoms with Gasteiger partial charge in [-0.2, -0.15) is 0 Å². The first-order valence-corrected chi connectivity index (χ1v) is 12.9. The molecule has 0 bridgehead atoms. The van der Waals surface area contributed by atoms with Crippen LogP contribution in [0.5, 0.6) is 0 Å². The monoisotopic (exact) mass is 340 g/mol. The summed E-state index contributed by atoms with van der Waals surface area (Å²) in [4.78, 5) is 0. The van der Waals surface area contributed by atoms with Crippen LogP contribution in [0.15, 0.2) is 0 Å². The van der Waals surface area contributed by atoms with E-state index in [-0.39, 0.29) is 0 Å². The van der Waals surface area contributed by atoms with Gasteiger partial charge in [0, 0.05) is 0 Å². The van der Waals surface area contributed by atoms with Crippen LogP contribution in [0.2, 0.25) is 0 Å². The van der Waals surface area contributed by atoms with E-state index in [9.17, 15) is 5.11 Å². The first kappa shape index (κ1) is 18.9. The summed E-state index contributed by atoms with van der Waals surface area (Å²) >= 11 is 4.32. The van der Waals surface area contributed by atoms with Gasteiger partial charge in [0.2, 0.25) is 0 Å². The van der Waals surface area contributed by atoms with Crippen LogP contribution < -0.4 is 0 Å². The number of unbranched alkanes of at least 4 members (excludes halogenated alkanes) is 3. The Morgan fingerprint density at radius 2 is 1.06 bits per heavy atom. The van der Waals surface area contributed by atoms with E-state index in [2.05, 4.69) is 36.3 Å². The Bertz CT molecular complexity index is 165. The Labute approximate surface area is 123 Å². The van der Waals surface area contributed by atoms with Crippen LogP contribution in [0.25, 0.3) is 0 Å². The summed E-state index contributed by atoms with van der Waals surface area (Å²) in [5.41, 5.74) is 0. The van der Waals surface area contributed by atoms with E-state index in [0.717, 1.165) is 6.42 Å².